The lowest BCUT2D eigenvalue weighted by Crippen LogP contribution is -2.41. The van der Waals surface area contributed by atoms with Crippen molar-refractivity contribution in [1.82, 2.24) is 10.9 Å². The summed E-state index contributed by atoms with van der Waals surface area (Å²) < 4.78 is 5.07. The zero-order chi connectivity index (χ0) is 15.8. The topological polar surface area (TPSA) is 67.4 Å². The van der Waals surface area contributed by atoms with E-state index in [4.69, 9.17) is 4.74 Å². The molecule has 0 atom stereocenters. The molecule has 0 aliphatic rings. The molecule has 0 bridgehead atoms. The maximum Gasteiger partial charge on any atom is 0.269 e. The Labute approximate surface area is 129 Å². The first-order valence-corrected chi connectivity index (χ1v) is 6.96. The van der Waals surface area contributed by atoms with Gasteiger partial charge in [-0.2, -0.15) is 0 Å². The number of carbonyl (C=O) groups excluding carboxylic acids is 2. The second-order valence-electron chi connectivity index (χ2n) is 4.72. The molecule has 2 N–H and O–H groups in total. The van der Waals surface area contributed by atoms with Crippen molar-refractivity contribution < 1.29 is 14.3 Å². The van der Waals surface area contributed by atoms with Gasteiger partial charge in [0.05, 0.1) is 7.11 Å². The van der Waals surface area contributed by atoms with Crippen molar-refractivity contribution in [1.29, 1.82) is 0 Å². The Morgan fingerprint density at radius 1 is 0.955 bits per heavy atom. The minimum Gasteiger partial charge on any atom is -0.497 e. The van der Waals surface area contributed by atoms with E-state index in [1.165, 1.54) is 0 Å². The van der Waals surface area contributed by atoms with Gasteiger partial charge in [0.25, 0.3) is 5.91 Å². The van der Waals surface area contributed by atoms with Crippen molar-refractivity contribution in [3.05, 3.63) is 65.7 Å². The van der Waals surface area contributed by atoms with Gasteiger partial charge in [0.1, 0.15) is 5.75 Å². The summed E-state index contributed by atoms with van der Waals surface area (Å²) in [5, 5.41) is 0. The highest BCUT2D eigenvalue weighted by Crippen LogP contribution is 2.12. The molecule has 0 fully saturated rings. The Balaban J connectivity index is 1.74. The van der Waals surface area contributed by atoms with Crippen molar-refractivity contribution in [2.24, 2.45) is 0 Å². The summed E-state index contributed by atoms with van der Waals surface area (Å²) in [5.41, 5.74) is 6.34. The highest BCUT2D eigenvalue weighted by molar-refractivity contribution is 5.95. The first-order chi connectivity index (χ1) is 10.7. The molecular formula is C17H18N2O3. The molecule has 0 aliphatic carbocycles. The van der Waals surface area contributed by atoms with Crippen LogP contribution < -0.4 is 15.6 Å². The summed E-state index contributed by atoms with van der Waals surface area (Å²) in [6, 6.07) is 16.2. The molecule has 22 heavy (non-hydrogen) atoms. The van der Waals surface area contributed by atoms with Crippen molar-refractivity contribution >= 4 is 11.8 Å². The number of benzene rings is 2. The van der Waals surface area contributed by atoms with Gasteiger partial charge in [-0.3, -0.25) is 20.4 Å². The van der Waals surface area contributed by atoms with Crippen molar-refractivity contribution in [2.75, 3.05) is 7.11 Å². The van der Waals surface area contributed by atoms with Gasteiger partial charge in [0, 0.05) is 12.0 Å². The van der Waals surface area contributed by atoms with Crippen LogP contribution >= 0.6 is 0 Å². The highest BCUT2D eigenvalue weighted by Gasteiger charge is 2.06. The van der Waals surface area contributed by atoms with Crippen LogP contribution in [-0.2, 0) is 11.2 Å². The van der Waals surface area contributed by atoms with Crippen LogP contribution in [0.25, 0.3) is 0 Å². The zero-order valence-electron chi connectivity index (χ0n) is 12.3. The largest absolute Gasteiger partial charge is 0.497 e. The third-order valence-electron chi connectivity index (χ3n) is 3.15. The van der Waals surface area contributed by atoms with Gasteiger partial charge in [-0.1, -0.05) is 30.3 Å². The van der Waals surface area contributed by atoms with Gasteiger partial charge in [-0.15, -0.1) is 0 Å². The standard InChI is InChI=1S/C17H18N2O3/c1-22-15-10-7-13(8-11-15)9-12-16(20)18-19-17(21)14-5-3-2-4-6-14/h2-8,10-11H,9,12H2,1H3,(H,18,20)(H,19,21). The fourth-order valence-electron chi connectivity index (χ4n) is 1.90. The van der Waals surface area contributed by atoms with E-state index in [1.807, 2.05) is 30.3 Å². The molecule has 0 aromatic heterocycles. The summed E-state index contributed by atoms with van der Waals surface area (Å²) in [5.74, 6) is 0.210. The van der Waals surface area contributed by atoms with E-state index < -0.39 is 0 Å². The van der Waals surface area contributed by atoms with Crippen molar-refractivity contribution in [3.8, 4) is 5.75 Å². The molecule has 0 radical (unpaired) electrons. The summed E-state index contributed by atoms with van der Waals surface area (Å²) in [7, 11) is 1.61. The molecule has 0 saturated heterocycles. The number of hydrogen-bond donors (Lipinski definition) is 2. The molecule has 2 aromatic carbocycles. The third kappa shape index (κ3) is 4.63. The normalized spacial score (nSPS) is 9.86. The van der Waals surface area contributed by atoms with Gasteiger partial charge in [0.2, 0.25) is 5.91 Å². The van der Waals surface area contributed by atoms with Crippen molar-refractivity contribution in [3.63, 3.8) is 0 Å². The van der Waals surface area contributed by atoms with Crippen LogP contribution in [0, 0.1) is 0 Å². The van der Waals surface area contributed by atoms with Gasteiger partial charge in [-0.25, -0.2) is 0 Å². The number of hydrazine groups is 1. The predicted octanol–water partition coefficient (Wildman–Crippen LogP) is 2.09. The van der Waals surface area contributed by atoms with Crippen LogP contribution in [0.15, 0.2) is 54.6 Å². The Bertz CT molecular complexity index is 624. The quantitative estimate of drug-likeness (QED) is 0.831. The predicted molar refractivity (Wildman–Crippen MR) is 83.4 cm³/mol. The van der Waals surface area contributed by atoms with Crippen LogP contribution in [0.2, 0.25) is 0 Å². The zero-order valence-corrected chi connectivity index (χ0v) is 12.3. The van der Waals surface area contributed by atoms with E-state index in [9.17, 15) is 9.59 Å². The molecule has 5 nitrogen and oxygen atoms in total. The van der Waals surface area contributed by atoms with E-state index in [2.05, 4.69) is 10.9 Å². The lowest BCUT2D eigenvalue weighted by Gasteiger charge is -2.07. The number of methoxy groups -OCH3 is 1. The molecule has 114 valence electrons. The summed E-state index contributed by atoms with van der Waals surface area (Å²) >= 11 is 0. The molecule has 0 heterocycles. The van der Waals surface area contributed by atoms with E-state index in [1.54, 1.807) is 31.4 Å². The number of ether oxygens (including phenoxy) is 1. The van der Waals surface area contributed by atoms with E-state index in [-0.39, 0.29) is 11.8 Å². The van der Waals surface area contributed by atoms with Crippen LogP contribution in [0.3, 0.4) is 0 Å². The first kappa shape index (κ1) is 15.6. The molecule has 2 amide bonds. The molecule has 2 rings (SSSR count). The molecular weight excluding hydrogens is 280 g/mol. The minimum atomic E-state index is -0.335. The molecule has 0 unspecified atom stereocenters. The Hall–Kier alpha value is -2.82. The Morgan fingerprint density at radius 2 is 1.64 bits per heavy atom. The Morgan fingerprint density at radius 3 is 2.27 bits per heavy atom. The molecule has 2 aromatic rings. The van der Waals surface area contributed by atoms with Crippen LogP contribution in [0.4, 0.5) is 0 Å². The second-order valence-corrected chi connectivity index (χ2v) is 4.72. The average Bonchev–Trinajstić information content (AvgIpc) is 2.59. The first-order valence-electron chi connectivity index (χ1n) is 6.96. The average molecular weight is 298 g/mol. The second kappa shape index (κ2) is 7.83. The maximum atomic E-state index is 11.8. The van der Waals surface area contributed by atoms with Crippen LogP contribution in [-0.4, -0.2) is 18.9 Å². The van der Waals surface area contributed by atoms with E-state index in [0.717, 1.165) is 11.3 Å². The smallest absolute Gasteiger partial charge is 0.269 e. The number of aryl methyl sites for hydroxylation is 1. The van der Waals surface area contributed by atoms with E-state index >= 15 is 0 Å². The molecule has 0 saturated carbocycles. The van der Waals surface area contributed by atoms with Crippen molar-refractivity contribution in [2.45, 2.75) is 12.8 Å². The highest BCUT2D eigenvalue weighted by atomic mass is 16.5. The third-order valence-corrected chi connectivity index (χ3v) is 3.15. The van der Waals surface area contributed by atoms with Gasteiger partial charge < -0.3 is 4.74 Å². The molecule has 0 spiro atoms. The number of hydrogen-bond acceptors (Lipinski definition) is 3. The summed E-state index contributed by atoms with van der Waals surface area (Å²) in [4.78, 5) is 23.5. The van der Waals surface area contributed by atoms with Gasteiger partial charge in [0.15, 0.2) is 0 Å². The van der Waals surface area contributed by atoms with Crippen LogP contribution in [0.1, 0.15) is 22.3 Å². The maximum absolute atomic E-state index is 11.8. The lowest BCUT2D eigenvalue weighted by molar-refractivity contribution is -0.121. The fourth-order valence-corrected chi connectivity index (χ4v) is 1.90. The summed E-state index contributed by atoms with van der Waals surface area (Å²) in [6.07, 6.45) is 0.887. The number of nitrogens with one attached hydrogen (secondary N) is 2. The minimum absolute atomic E-state index is 0.236. The lowest BCUT2D eigenvalue weighted by atomic mass is 10.1. The summed E-state index contributed by atoms with van der Waals surface area (Å²) in [6.45, 7) is 0. The van der Waals surface area contributed by atoms with Gasteiger partial charge >= 0.3 is 0 Å². The fraction of sp³-hybridized carbons (Fsp3) is 0.176. The molecule has 0 aliphatic heterocycles. The van der Waals surface area contributed by atoms with E-state index in [0.29, 0.717) is 18.4 Å². The van der Waals surface area contributed by atoms with Crippen LogP contribution in [0.5, 0.6) is 5.75 Å². The SMILES string of the molecule is COc1ccc(CCC(=O)NNC(=O)c2ccccc2)cc1. The number of rotatable bonds is 5. The molecule has 5 heteroatoms. The monoisotopic (exact) mass is 298 g/mol. The number of carbonyl (C=O) groups is 2. The number of amides is 2. The van der Waals surface area contributed by atoms with Gasteiger partial charge in [-0.05, 0) is 36.2 Å². The Kier molecular flexibility index (Phi) is 5.54.